The van der Waals surface area contributed by atoms with E-state index in [2.05, 4.69) is 20.4 Å². The van der Waals surface area contributed by atoms with Crippen molar-refractivity contribution in [2.24, 2.45) is 5.73 Å². The zero-order chi connectivity index (χ0) is 21.4. The summed E-state index contributed by atoms with van der Waals surface area (Å²) in [6.45, 7) is 7.59. The Morgan fingerprint density at radius 1 is 1.20 bits per heavy atom. The molecule has 0 radical (unpaired) electrons. The van der Waals surface area contributed by atoms with Gasteiger partial charge in [-0.1, -0.05) is 19.0 Å². The first-order valence-corrected chi connectivity index (χ1v) is 10.1. The molecular formula is C22H25N5O3. The second-order valence-corrected chi connectivity index (χ2v) is 7.94. The van der Waals surface area contributed by atoms with E-state index in [0.29, 0.717) is 33.6 Å². The summed E-state index contributed by atoms with van der Waals surface area (Å²) in [5.41, 5.74) is 9.38. The van der Waals surface area contributed by atoms with Crippen LogP contribution in [-0.4, -0.2) is 35.0 Å². The summed E-state index contributed by atoms with van der Waals surface area (Å²) in [5.74, 6) is -0.732. The number of carbonyl (C=O) groups excluding carboxylic acids is 2. The predicted octanol–water partition coefficient (Wildman–Crippen LogP) is 3.61. The van der Waals surface area contributed by atoms with E-state index in [-0.39, 0.29) is 11.8 Å². The van der Waals surface area contributed by atoms with Crippen LogP contribution in [0.5, 0.6) is 0 Å². The van der Waals surface area contributed by atoms with Crippen LogP contribution in [0.2, 0.25) is 0 Å². The zero-order valence-electron chi connectivity index (χ0n) is 17.4. The fourth-order valence-electron chi connectivity index (χ4n) is 3.80. The van der Waals surface area contributed by atoms with Crippen LogP contribution < -0.4 is 16.0 Å². The number of aryl methyl sites for hydroxylation is 1. The molecule has 8 nitrogen and oxygen atoms in total. The molecule has 0 saturated carbocycles. The number of aromatic nitrogens is 2. The van der Waals surface area contributed by atoms with Gasteiger partial charge in [-0.3, -0.25) is 9.59 Å². The van der Waals surface area contributed by atoms with Crippen LogP contribution in [0.4, 0.5) is 11.4 Å². The minimum absolute atomic E-state index is 0.115. The lowest BCUT2D eigenvalue weighted by Gasteiger charge is -2.22. The van der Waals surface area contributed by atoms with E-state index in [9.17, 15) is 9.59 Å². The quantitative estimate of drug-likeness (QED) is 0.668. The molecule has 3 aromatic rings. The first kappa shape index (κ1) is 19.9. The Balaban J connectivity index is 1.78. The molecule has 1 aromatic carbocycles. The van der Waals surface area contributed by atoms with Gasteiger partial charge in [-0.05, 0) is 49.9 Å². The Bertz CT molecular complexity index is 1130. The zero-order valence-corrected chi connectivity index (χ0v) is 17.4. The van der Waals surface area contributed by atoms with Gasteiger partial charge in [-0.15, -0.1) is 0 Å². The van der Waals surface area contributed by atoms with Gasteiger partial charge in [-0.25, -0.2) is 4.98 Å². The number of nitrogens with one attached hydrogen (secondary N) is 1. The molecule has 2 aromatic heterocycles. The minimum Gasteiger partial charge on any atom is -0.370 e. The van der Waals surface area contributed by atoms with Gasteiger partial charge in [0.25, 0.3) is 11.6 Å². The first-order chi connectivity index (χ1) is 14.3. The van der Waals surface area contributed by atoms with Crippen molar-refractivity contribution in [2.45, 2.75) is 39.5 Å². The Hall–Kier alpha value is -3.42. The van der Waals surface area contributed by atoms with E-state index in [1.54, 1.807) is 25.1 Å². The lowest BCUT2D eigenvalue weighted by atomic mass is 10.0. The van der Waals surface area contributed by atoms with Crippen molar-refractivity contribution in [2.75, 3.05) is 23.3 Å². The number of hydrogen-bond donors (Lipinski definition) is 2. The molecular weight excluding hydrogens is 382 g/mol. The van der Waals surface area contributed by atoms with Crippen molar-refractivity contribution in [3.05, 3.63) is 46.8 Å². The maximum Gasteiger partial charge on any atom is 0.259 e. The van der Waals surface area contributed by atoms with Gasteiger partial charge < -0.3 is 20.5 Å². The highest BCUT2D eigenvalue weighted by Crippen LogP contribution is 2.32. The fourth-order valence-corrected chi connectivity index (χ4v) is 3.80. The molecule has 8 heteroatoms. The number of carbonyl (C=O) groups is 2. The van der Waals surface area contributed by atoms with Crippen LogP contribution in [0.3, 0.4) is 0 Å². The molecule has 3 heterocycles. The molecule has 1 fully saturated rings. The Morgan fingerprint density at radius 2 is 1.93 bits per heavy atom. The SMILES string of the molecule is Cc1noc2nc(C(C)C)cc(C(=O)Nc3cc(C(N)=O)ccc3N3CCCC3)c12. The molecule has 0 bridgehead atoms. The van der Waals surface area contributed by atoms with E-state index >= 15 is 0 Å². The summed E-state index contributed by atoms with van der Waals surface area (Å²) >= 11 is 0. The third-order valence-corrected chi connectivity index (χ3v) is 5.45. The Kier molecular flexibility index (Phi) is 5.15. The molecule has 0 aliphatic carbocycles. The van der Waals surface area contributed by atoms with E-state index in [4.69, 9.17) is 10.3 Å². The van der Waals surface area contributed by atoms with Gasteiger partial charge in [0.15, 0.2) is 0 Å². The molecule has 156 valence electrons. The molecule has 2 amide bonds. The molecule has 1 aliphatic heterocycles. The van der Waals surface area contributed by atoms with Crippen molar-refractivity contribution in [3.8, 4) is 0 Å². The summed E-state index contributed by atoms with van der Waals surface area (Å²) in [6.07, 6.45) is 2.18. The maximum atomic E-state index is 13.4. The number of benzene rings is 1. The van der Waals surface area contributed by atoms with Crippen molar-refractivity contribution in [3.63, 3.8) is 0 Å². The summed E-state index contributed by atoms with van der Waals surface area (Å²) < 4.78 is 5.33. The number of hydrogen-bond acceptors (Lipinski definition) is 6. The van der Waals surface area contributed by atoms with Gasteiger partial charge in [0.05, 0.1) is 28.0 Å². The van der Waals surface area contributed by atoms with Crippen LogP contribution in [0, 0.1) is 6.92 Å². The van der Waals surface area contributed by atoms with Crippen LogP contribution >= 0.6 is 0 Å². The third-order valence-electron chi connectivity index (χ3n) is 5.45. The molecule has 4 rings (SSSR count). The highest BCUT2D eigenvalue weighted by molar-refractivity contribution is 6.13. The second-order valence-electron chi connectivity index (χ2n) is 7.94. The van der Waals surface area contributed by atoms with E-state index in [0.717, 1.165) is 37.3 Å². The number of nitrogens with two attached hydrogens (primary N) is 1. The van der Waals surface area contributed by atoms with Crippen molar-refractivity contribution >= 4 is 34.3 Å². The molecule has 0 atom stereocenters. The average molecular weight is 407 g/mol. The van der Waals surface area contributed by atoms with Gasteiger partial charge >= 0.3 is 0 Å². The van der Waals surface area contributed by atoms with E-state index < -0.39 is 5.91 Å². The van der Waals surface area contributed by atoms with Gasteiger partial charge in [0.2, 0.25) is 5.91 Å². The lowest BCUT2D eigenvalue weighted by Crippen LogP contribution is -2.22. The first-order valence-electron chi connectivity index (χ1n) is 10.1. The molecule has 0 spiro atoms. The number of amides is 2. The number of pyridine rings is 1. The van der Waals surface area contributed by atoms with Crippen LogP contribution in [0.25, 0.3) is 11.1 Å². The summed E-state index contributed by atoms with van der Waals surface area (Å²) in [6, 6.07) is 6.95. The number of primary amides is 1. The Labute approximate surface area is 174 Å². The van der Waals surface area contributed by atoms with Crippen LogP contribution in [0.1, 0.15) is 64.7 Å². The van der Waals surface area contributed by atoms with E-state index in [1.165, 1.54) is 0 Å². The number of nitrogens with zero attached hydrogens (tertiary/aromatic N) is 3. The minimum atomic E-state index is -0.540. The molecule has 3 N–H and O–H groups in total. The van der Waals surface area contributed by atoms with Gasteiger partial charge in [-0.2, -0.15) is 0 Å². The largest absolute Gasteiger partial charge is 0.370 e. The topological polar surface area (TPSA) is 114 Å². The van der Waals surface area contributed by atoms with Gasteiger partial charge in [0, 0.05) is 24.3 Å². The highest BCUT2D eigenvalue weighted by atomic mass is 16.5. The molecule has 0 unspecified atom stereocenters. The fraction of sp³-hybridized carbons (Fsp3) is 0.364. The monoisotopic (exact) mass is 407 g/mol. The molecule has 30 heavy (non-hydrogen) atoms. The standard InChI is InChI=1S/C22H25N5O3/c1-12(2)16-11-15(19-13(3)26-30-22(19)25-16)21(29)24-17-10-14(20(23)28)6-7-18(17)27-8-4-5-9-27/h6-7,10-12H,4-5,8-9H2,1-3H3,(H2,23,28)(H,24,29). The van der Waals surface area contributed by atoms with Crippen LogP contribution in [-0.2, 0) is 0 Å². The number of fused-ring (bicyclic) bond motifs is 1. The third kappa shape index (κ3) is 3.60. The maximum absolute atomic E-state index is 13.4. The molecule has 1 saturated heterocycles. The second kappa shape index (κ2) is 7.78. The van der Waals surface area contributed by atoms with Crippen molar-refractivity contribution < 1.29 is 14.1 Å². The molecule has 1 aliphatic rings. The van der Waals surface area contributed by atoms with Crippen molar-refractivity contribution in [1.82, 2.24) is 10.1 Å². The lowest BCUT2D eigenvalue weighted by molar-refractivity contribution is 0.0996. The smallest absolute Gasteiger partial charge is 0.259 e. The van der Waals surface area contributed by atoms with Crippen LogP contribution in [0.15, 0.2) is 28.8 Å². The summed E-state index contributed by atoms with van der Waals surface area (Å²) in [7, 11) is 0. The highest BCUT2D eigenvalue weighted by Gasteiger charge is 2.23. The Morgan fingerprint density at radius 3 is 2.60 bits per heavy atom. The predicted molar refractivity (Wildman–Crippen MR) is 115 cm³/mol. The summed E-state index contributed by atoms with van der Waals surface area (Å²) in [5, 5.41) is 7.55. The number of rotatable bonds is 5. The van der Waals surface area contributed by atoms with Crippen molar-refractivity contribution in [1.29, 1.82) is 0 Å². The average Bonchev–Trinajstić information content (AvgIpc) is 3.37. The normalized spacial score (nSPS) is 13.9. The van der Waals surface area contributed by atoms with Gasteiger partial charge in [0.1, 0.15) is 0 Å². The number of anilines is 2. The van der Waals surface area contributed by atoms with E-state index in [1.807, 2.05) is 19.9 Å². The summed E-state index contributed by atoms with van der Waals surface area (Å²) in [4.78, 5) is 31.8.